The number of aromatic amines is 1. The van der Waals surface area contributed by atoms with Gasteiger partial charge in [-0.1, -0.05) is 0 Å². The molecule has 0 atom stereocenters. The van der Waals surface area contributed by atoms with E-state index in [9.17, 15) is 9.59 Å². The molecule has 0 fully saturated rings. The highest BCUT2D eigenvalue weighted by Gasteiger charge is 2.13. The minimum Gasteiger partial charge on any atom is -0.497 e. The summed E-state index contributed by atoms with van der Waals surface area (Å²) in [6, 6.07) is 14.6. The first-order valence-corrected chi connectivity index (χ1v) is 10.6. The van der Waals surface area contributed by atoms with E-state index in [0.717, 1.165) is 17.0 Å². The maximum Gasteiger partial charge on any atom is 0.305 e. The molecule has 0 bridgehead atoms. The lowest BCUT2D eigenvalue weighted by molar-refractivity contribution is -0.143. The molecule has 0 amide bonds. The van der Waals surface area contributed by atoms with Gasteiger partial charge in [0.05, 0.1) is 32.2 Å². The Morgan fingerprint density at radius 3 is 2.48 bits per heavy atom. The summed E-state index contributed by atoms with van der Waals surface area (Å²) in [7, 11) is 1.60. The minimum atomic E-state index is -0.269. The lowest BCUT2D eigenvalue weighted by Gasteiger charge is -2.08. The second-order valence-corrected chi connectivity index (χ2v) is 7.19. The Morgan fingerprint density at radius 2 is 1.79 bits per heavy atom. The van der Waals surface area contributed by atoms with Crippen molar-refractivity contribution in [3.05, 3.63) is 65.1 Å². The first-order valence-electron chi connectivity index (χ1n) is 10.6. The summed E-state index contributed by atoms with van der Waals surface area (Å²) < 4.78 is 17.4. The van der Waals surface area contributed by atoms with E-state index < -0.39 is 0 Å². The quantitative estimate of drug-likeness (QED) is 0.308. The molecule has 4 aromatic rings. The molecule has 2 aromatic heterocycles. The summed E-state index contributed by atoms with van der Waals surface area (Å²) >= 11 is 0. The number of carbonyl (C=O) groups is 1. The van der Waals surface area contributed by atoms with Crippen molar-refractivity contribution in [2.45, 2.75) is 19.8 Å². The fraction of sp³-hybridized carbons (Fsp3) is 0.250. The van der Waals surface area contributed by atoms with Gasteiger partial charge in [0.2, 0.25) is 0 Å². The Hall–Kier alpha value is -4.14. The van der Waals surface area contributed by atoms with Gasteiger partial charge in [-0.15, -0.1) is 0 Å². The second kappa shape index (κ2) is 9.99. The van der Waals surface area contributed by atoms with Crippen LogP contribution in [0.25, 0.3) is 28.1 Å². The van der Waals surface area contributed by atoms with Gasteiger partial charge < -0.3 is 19.2 Å². The Labute approximate surface area is 189 Å². The van der Waals surface area contributed by atoms with Gasteiger partial charge in [-0.3, -0.25) is 9.59 Å². The molecular formula is C24H24N4O5. The van der Waals surface area contributed by atoms with Crippen molar-refractivity contribution in [2.75, 3.05) is 20.3 Å². The number of hydrogen-bond acceptors (Lipinski definition) is 7. The topological polar surface area (TPSA) is 108 Å². The molecule has 0 spiro atoms. The fourth-order valence-corrected chi connectivity index (χ4v) is 3.32. The lowest BCUT2D eigenvalue weighted by Crippen LogP contribution is -2.10. The van der Waals surface area contributed by atoms with Crippen LogP contribution in [-0.4, -0.2) is 46.0 Å². The van der Waals surface area contributed by atoms with Gasteiger partial charge in [-0.05, 0) is 61.9 Å². The van der Waals surface area contributed by atoms with Crippen molar-refractivity contribution in [1.29, 1.82) is 0 Å². The molecule has 2 heterocycles. The van der Waals surface area contributed by atoms with Crippen LogP contribution in [-0.2, 0) is 9.53 Å². The third-order valence-corrected chi connectivity index (χ3v) is 4.98. The molecule has 170 valence electrons. The Bertz CT molecular complexity index is 1290. The maximum absolute atomic E-state index is 12.6. The van der Waals surface area contributed by atoms with Crippen molar-refractivity contribution < 1.29 is 19.0 Å². The molecule has 33 heavy (non-hydrogen) atoms. The van der Waals surface area contributed by atoms with Crippen molar-refractivity contribution in [3.8, 4) is 28.6 Å². The number of nitrogens with one attached hydrogen (secondary N) is 1. The number of hydrogen-bond donors (Lipinski definition) is 1. The number of benzene rings is 2. The number of methoxy groups -OCH3 is 1. The van der Waals surface area contributed by atoms with Crippen molar-refractivity contribution in [2.24, 2.45) is 0 Å². The highest BCUT2D eigenvalue weighted by Crippen LogP contribution is 2.22. The van der Waals surface area contributed by atoms with Crippen molar-refractivity contribution in [1.82, 2.24) is 19.7 Å². The van der Waals surface area contributed by atoms with Gasteiger partial charge in [0.1, 0.15) is 22.7 Å². The second-order valence-electron chi connectivity index (χ2n) is 7.19. The standard InChI is InChI=1S/C24H24N4O5/c1-3-32-21(29)5-4-14-33-19-10-6-16(7-11-19)22-26-23-20(24(30)27-22)15-25-28(23)17-8-12-18(31-2)13-9-17/h6-13,15H,3-5,14H2,1-2H3,(H,26,27,30). The van der Waals surface area contributed by atoms with Crippen LogP contribution >= 0.6 is 0 Å². The van der Waals surface area contributed by atoms with Crippen LogP contribution in [0.3, 0.4) is 0 Å². The van der Waals surface area contributed by atoms with Crippen LogP contribution in [0.1, 0.15) is 19.8 Å². The predicted octanol–water partition coefficient (Wildman–Crippen LogP) is 3.51. The zero-order valence-corrected chi connectivity index (χ0v) is 18.4. The molecule has 9 nitrogen and oxygen atoms in total. The van der Waals surface area contributed by atoms with Crippen LogP contribution in [0.15, 0.2) is 59.5 Å². The molecule has 1 N–H and O–H groups in total. The number of ether oxygens (including phenoxy) is 3. The molecule has 0 saturated carbocycles. The molecule has 0 aliphatic carbocycles. The molecule has 0 radical (unpaired) electrons. The van der Waals surface area contributed by atoms with Crippen LogP contribution in [0.2, 0.25) is 0 Å². The maximum atomic E-state index is 12.6. The summed E-state index contributed by atoms with van der Waals surface area (Å²) in [5.74, 6) is 1.59. The van der Waals surface area contributed by atoms with Gasteiger partial charge >= 0.3 is 5.97 Å². The minimum absolute atomic E-state index is 0.226. The summed E-state index contributed by atoms with van der Waals surface area (Å²) in [6.45, 7) is 2.56. The number of fused-ring (bicyclic) bond motifs is 1. The third-order valence-electron chi connectivity index (χ3n) is 4.98. The van der Waals surface area contributed by atoms with E-state index in [4.69, 9.17) is 14.2 Å². The van der Waals surface area contributed by atoms with Crippen molar-refractivity contribution in [3.63, 3.8) is 0 Å². The summed E-state index contributed by atoms with van der Waals surface area (Å²) in [5, 5.41) is 4.74. The van der Waals surface area contributed by atoms with Crippen LogP contribution in [0, 0.1) is 0 Å². The number of aromatic nitrogens is 4. The molecule has 2 aromatic carbocycles. The van der Waals surface area contributed by atoms with Gasteiger partial charge in [0.25, 0.3) is 5.56 Å². The zero-order valence-electron chi connectivity index (χ0n) is 18.4. The molecule has 0 aliphatic rings. The van der Waals surface area contributed by atoms with Gasteiger partial charge in [0, 0.05) is 12.0 Å². The first kappa shape index (κ1) is 22.1. The Balaban J connectivity index is 1.52. The zero-order chi connectivity index (χ0) is 23.2. The highest BCUT2D eigenvalue weighted by atomic mass is 16.5. The summed E-state index contributed by atoms with van der Waals surface area (Å²) in [6.07, 6.45) is 2.39. The molecular weight excluding hydrogens is 424 g/mol. The molecule has 0 unspecified atom stereocenters. The van der Waals surface area contributed by atoms with E-state index in [0.29, 0.717) is 48.7 Å². The monoisotopic (exact) mass is 448 g/mol. The fourth-order valence-electron chi connectivity index (χ4n) is 3.32. The number of nitrogens with zero attached hydrogens (tertiary/aromatic N) is 3. The average Bonchev–Trinajstić information content (AvgIpc) is 3.27. The third kappa shape index (κ3) is 5.03. The van der Waals surface area contributed by atoms with Gasteiger partial charge in [-0.25, -0.2) is 9.67 Å². The largest absolute Gasteiger partial charge is 0.497 e. The lowest BCUT2D eigenvalue weighted by atomic mass is 10.2. The summed E-state index contributed by atoms with van der Waals surface area (Å²) in [4.78, 5) is 31.5. The summed E-state index contributed by atoms with van der Waals surface area (Å²) in [5.41, 5.74) is 1.68. The normalized spacial score (nSPS) is 10.8. The van der Waals surface area contributed by atoms with E-state index in [-0.39, 0.29) is 11.5 Å². The van der Waals surface area contributed by atoms with E-state index in [2.05, 4.69) is 15.1 Å². The van der Waals surface area contributed by atoms with E-state index in [1.807, 2.05) is 36.4 Å². The van der Waals surface area contributed by atoms with Crippen molar-refractivity contribution >= 4 is 17.0 Å². The van der Waals surface area contributed by atoms with Gasteiger partial charge in [0.15, 0.2) is 5.65 Å². The number of carbonyl (C=O) groups excluding carboxylic acids is 1. The SMILES string of the molecule is CCOC(=O)CCCOc1ccc(-c2nc3c(cnn3-c3ccc(OC)cc3)c(=O)[nH]2)cc1. The first-order chi connectivity index (χ1) is 16.1. The van der Waals surface area contributed by atoms with E-state index >= 15 is 0 Å². The average molecular weight is 448 g/mol. The van der Waals surface area contributed by atoms with Crippen LogP contribution in [0.4, 0.5) is 0 Å². The molecule has 4 rings (SSSR count). The molecule has 0 saturated heterocycles. The van der Waals surface area contributed by atoms with Gasteiger partial charge in [-0.2, -0.15) is 5.10 Å². The Morgan fingerprint density at radius 1 is 1.06 bits per heavy atom. The Kier molecular flexibility index (Phi) is 6.68. The number of esters is 1. The highest BCUT2D eigenvalue weighted by molar-refractivity contribution is 5.77. The predicted molar refractivity (Wildman–Crippen MR) is 123 cm³/mol. The van der Waals surface area contributed by atoms with Crippen LogP contribution < -0.4 is 15.0 Å². The number of H-pyrrole nitrogens is 1. The smallest absolute Gasteiger partial charge is 0.305 e. The van der Waals surface area contributed by atoms with E-state index in [1.165, 1.54) is 6.20 Å². The number of rotatable bonds is 9. The van der Waals surface area contributed by atoms with E-state index in [1.54, 1.807) is 30.8 Å². The molecule has 0 aliphatic heterocycles. The van der Waals surface area contributed by atoms with Crippen LogP contribution in [0.5, 0.6) is 11.5 Å². The molecule has 9 heteroatoms.